The lowest BCUT2D eigenvalue weighted by Gasteiger charge is -2.44. The van der Waals surface area contributed by atoms with Gasteiger partial charge in [0.1, 0.15) is 34.0 Å². The fourth-order valence-electron chi connectivity index (χ4n) is 7.54. The summed E-state index contributed by atoms with van der Waals surface area (Å²) in [5.74, 6) is 0.989. The Balaban J connectivity index is 1.40. The molecule has 1 saturated carbocycles. The summed E-state index contributed by atoms with van der Waals surface area (Å²) < 4.78 is 74.2. The third-order valence-electron chi connectivity index (χ3n) is 9.68. The second-order valence-corrected chi connectivity index (χ2v) is 12.3. The maximum absolute atomic E-state index is 17.1. The van der Waals surface area contributed by atoms with E-state index in [2.05, 4.69) is 15.9 Å². The Kier molecular flexibility index (Phi) is 7.11. The van der Waals surface area contributed by atoms with E-state index in [0.717, 1.165) is 32.1 Å². The van der Waals surface area contributed by atoms with E-state index >= 15 is 4.39 Å². The minimum Gasteiger partial charge on any atom is -0.508 e. The minimum absolute atomic E-state index is 0.0170. The third-order valence-corrected chi connectivity index (χ3v) is 9.68. The zero-order valence-corrected chi connectivity index (χ0v) is 25.6. The highest BCUT2D eigenvalue weighted by atomic mass is 19.1. The van der Waals surface area contributed by atoms with Crippen molar-refractivity contribution in [3.8, 4) is 41.2 Å². The second kappa shape index (κ2) is 12.2. The molecule has 2 aromatic heterocycles. The Morgan fingerprint density at radius 2 is 1.98 bits per heavy atom. The quantitative estimate of drug-likeness (QED) is 0.269. The van der Waals surface area contributed by atoms with Crippen LogP contribution in [0.5, 0.6) is 17.6 Å². The van der Waals surface area contributed by atoms with Crippen LogP contribution in [0.2, 0.25) is 0 Å². The lowest BCUT2D eigenvalue weighted by molar-refractivity contribution is 0.0133. The highest BCUT2D eigenvalue weighted by molar-refractivity contribution is 6.04. The fourth-order valence-corrected chi connectivity index (χ4v) is 7.54. The van der Waals surface area contributed by atoms with Crippen LogP contribution in [0.3, 0.4) is 0 Å². The van der Waals surface area contributed by atoms with Gasteiger partial charge in [0.2, 0.25) is 5.88 Å². The number of methoxy groups -OCH3 is 1. The van der Waals surface area contributed by atoms with Crippen molar-refractivity contribution in [2.24, 2.45) is 5.41 Å². The molecular weight excluding hydrogens is 592 g/mol. The number of likely N-dealkylation sites (tertiary alicyclic amines) is 1. The number of hydrogen-bond donors (Lipinski definition) is 1. The Morgan fingerprint density at radius 3 is 2.80 bits per heavy atom. The van der Waals surface area contributed by atoms with Crippen LogP contribution in [-0.4, -0.2) is 84.5 Å². The van der Waals surface area contributed by atoms with Crippen molar-refractivity contribution in [3.05, 3.63) is 41.5 Å². The summed E-state index contributed by atoms with van der Waals surface area (Å²) in [6, 6.07) is 5.08. The van der Waals surface area contributed by atoms with Crippen LogP contribution >= 0.6 is 0 Å². The summed E-state index contributed by atoms with van der Waals surface area (Å²) in [5, 5.41) is 11.4. The average Bonchev–Trinajstić information content (AvgIpc) is 3.33. The molecule has 3 aliphatic rings. The number of terminal acetylenes is 1. The molecule has 4 heterocycles. The van der Waals surface area contributed by atoms with E-state index in [1.54, 1.807) is 4.90 Å². The number of pyridine rings is 1. The van der Waals surface area contributed by atoms with Gasteiger partial charge in [-0.05, 0) is 69.2 Å². The van der Waals surface area contributed by atoms with E-state index in [-0.39, 0.29) is 63.4 Å². The molecule has 0 amide bonds. The zero-order chi connectivity index (χ0) is 34.5. The molecule has 2 aromatic carbocycles. The van der Waals surface area contributed by atoms with Gasteiger partial charge in [-0.15, -0.1) is 6.42 Å². The number of nitrogens with zero attached hydrogens (tertiary/aromatic N) is 5. The molecular formula is C35H37F2N5O4. The summed E-state index contributed by atoms with van der Waals surface area (Å²) >= 11 is 0. The zero-order valence-electron chi connectivity index (χ0n) is 28.6. The van der Waals surface area contributed by atoms with Gasteiger partial charge in [-0.3, -0.25) is 0 Å². The van der Waals surface area contributed by atoms with E-state index in [0.29, 0.717) is 50.5 Å². The van der Waals surface area contributed by atoms with Gasteiger partial charge in [-0.2, -0.15) is 9.97 Å². The van der Waals surface area contributed by atoms with E-state index in [1.165, 1.54) is 31.4 Å². The second-order valence-electron chi connectivity index (χ2n) is 12.3. The number of hydrogen-bond acceptors (Lipinski definition) is 9. The molecule has 1 aliphatic carbocycles. The monoisotopic (exact) mass is 632 g/mol. The predicted octanol–water partition coefficient (Wildman–Crippen LogP) is 5.69. The number of aromatic hydroxyl groups is 1. The predicted molar refractivity (Wildman–Crippen MR) is 171 cm³/mol. The van der Waals surface area contributed by atoms with Crippen molar-refractivity contribution in [1.82, 2.24) is 19.9 Å². The fraction of sp³-hybridized carbons (Fsp3) is 0.457. The van der Waals surface area contributed by atoms with Crippen LogP contribution in [0, 0.1) is 29.4 Å². The molecule has 0 bridgehead atoms. The standard InChI is InChI=1S/C35H37F2N5O4/c1-4-23-25(36)10-9-21-18-22(43)19-24(27(21)23)30-29(37)31-28(33(38-30)44-3)32(42-14-7-16-45-17-15-42)40-34(39-31)46-20-35-11-5-8-26(35)41(2)13-6-12-35/h1,9-10,18-19,26,43H,5-8,11-17,20H2,2-3H3/t26-,35-/m1/s1/i2D3. The smallest absolute Gasteiger partial charge is 0.319 e. The molecule has 1 N–H and O–H groups in total. The van der Waals surface area contributed by atoms with Gasteiger partial charge in [0, 0.05) is 46.2 Å². The molecule has 0 radical (unpaired) electrons. The number of halogens is 2. The van der Waals surface area contributed by atoms with Crippen molar-refractivity contribution < 1.29 is 32.2 Å². The lowest BCUT2D eigenvalue weighted by Crippen LogP contribution is -2.50. The molecule has 4 aromatic rings. The first-order valence-corrected chi connectivity index (χ1v) is 15.6. The third kappa shape index (κ3) is 5.13. The van der Waals surface area contributed by atoms with Crippen LogP contribution < -0.4 is 14.4 Å². The molecule has 9 nitrogen and oxygen atoms in total. The number of rotatable bonds is 6. The largest absolute Gasteiger partial charge is 0.508 e. The minimum atomic E-state index is -2.22. The average molecular weight is 633 g/mol. The normalized spacial score (nSPS) is 23.3. The molecule has 240 valence electrons. The van der Waals surface area contributed by atoms with Crippen molar-refractivity contribution in [1.29, 1.82) is 0 Å². The first-order valence-electron chi connectivity index (χ1n) is 17.1. The van der Waals surface area contributed by atoms with Gasteiger partial charge in [-0.25, -0.2) is 13.8 Å². The van der Waals surface area contributed by atoms with Crippen molar-refractivity contribution in [2.75, 3.05) is 58.4 Å². The van der Waals surface area contributed by atoms with E-state index in [4.69, 9.17) is 29.7 Å². The number of benzene rings is 2. The Bertz CT molecular complexity index is 1960. The first kappa shape index (κ1) is 26.9. The van der Waals surface area contributed by atoms with Crippen LogP contribution in [0.1, 0.15) is 48.2 Å². The molecule has 7 rings (SSSR count). The van der Waals surface area contributed by atoms with Gasteiger partial charge >= 0.3 is 6.01 Å². The topological polar surface area (TPSA) is 93.1 Å². The highest BCUT2D eigenvalue weighted by Gasteiger charge is 2.47. The number of piperidine rings is 1. The number of phenols is 1. The summed E-state index contributed by atoms with van der Waals surface area (Å²) in [4.78, 5) is 17.5. The summed E-state index contributed by atoms with van der Waals surface area (Å²) in [6.07, 6.45) is 10.3. The molecule has 2 atom stereocenters. The van der Waals surface area contributed by atoms with Gasteiger partial charge < -0.3 is 29.1 Å². The van der Waals surface area contributed by atoms with Crippen molar-refractivity contribution >= 4 is 27.5 Å². The first-order chi connectivity index (χ1) is 23.5. The van der Waals surface area contributed by atoms with Crippen LogP contribution in [-0.2, 0) is 4.74 Å². The molecule has 0 unspecified atom stereocenters. The van der Waals surface area contributed by atoms with E-state index < -0.39 is 24.0 Å². The molecule has 0 spiro atoms. The SMILES string of the molecule is [2H]C([2H])([2H])N1CCC[C@@]2(COc3nc(N4CCCOCC4)c4c(OC)nc(-c5cc(O)cc6ccc(F)c(C#C)c56)c(F)c4n3)CCC[C@@H]12. The van der Waals surface area contributed by atoms with Crippen LogP contribution in [0.25, 0.3) is 32.9 Å². The molecule has 2 saturated heterocycles. The number of ether oxygens (including phenoxy) is 3. The van der Waals surface area contributed by atoms with Gasteiger partial charge in [-0.1, -0.05) is 18.4 Å². The van der Waals surface area contributed by atoms with Crippen molar-refractivity contribution in [2.45, 2.75) is 44.6 Å². The Labute approximate surface area is 270 Å². The highest BCUT2D eigenvalue weighted by Crippen LogP contribution is 2.48. The van der Waals surface area contributed by atoms with E-state index in [1.807, 2.05) is 4.90 Å². The van der Waals surface area contributed by atoms with Crippen molar-refractivity contribution in [3.63, 3.8) is 0 Å². The Hall–Kier alpha value is -4.27. The number of fused-ring (bicyclic) bond motifs is 3. The summed E-state index contributed by atoms with van der Waals surface area (Å²) in [7, 11) is 1.40. The molecule has 2 aliphatic heterocycles. The molecule has 11 heteroatoms. The van der Waals surface area contributed by atoms with Gasteiger partial charge in [0.05, 0.1) is 25.9 Å². The van der Waals surface area contributed by atoms with Gasteiger partial charge in [0.25, 0.3) is 0 Å². The molecule has 46 heavy (non-hydrogen) atoms. The maximum Gasteiger partial charge on any atom is 0.319 e. The summed E-state index contributed by atoms with van der Waals surface area (Å²) in [6.45, 7) is 0.425. The number of anilines is 1. The molecule has 3 fully saturated rings. The van der Waals surface area contributed by atoms with Crippen LogP contribution in [0.15, 0.2) is 24.3 Å². The number of phenolic OH excluding ortho intramolecular Hbond substituents is 1. The van der Waals surface area contributed by atoms with Gasteiger partial charge in [0.15, 0.2) is 5.82 Å². The lowest BCUT2D eigenvalue weighted by atomic mass is 9.76. The van der Waals surface area contributed by atoms with Crippen LogP contribution in [0.4, 0.5) is 14.6 Å². The number of aromatic nitrogens is 3. The Morgan fingerprint density at radius 1 is 1.11 bits per heavy atom. The summed E-state index contributed by atoms with van der Waals surface area (Å²) in [5.41, 5.74) is -0.857. The van der Waals surface area contributed by atoms with E-state index in [9.17, 15) is 9.50 Å². The maximum atomic E-state index is 17.1.